The van der Waals surface area contributed by atoms with E-state index in [2.05, 4.69) is 43.0 Å². The number of hydrogen-bond acceptors (Lipinski definition) is 3. The van der Waals surface area contributed by atoms with Crippen LogP contribution in [0.5, 0.6) is 0 Å². The molecule has 2 N–H and O–H groups in total. The number of ether oxygens (including phenoxy) is 1. The van der Waals surface area contributed by atoms with Gasteiger partial charge in [0.2, 0.25) is 0 Å². The minimum atomic E-state index is 0.211. The Morgan fingerprint density at radius 2 is 2.18 bits per heavy atom. The zero-order valence-corrected chi connectivity index (χ0v) is 10.7. The van der Waals surface area contributed by atoms with E-state index in [1.165, 1.54) is 11.3 Å². The van der Waals surface area contributed by atoms with E-state index in [1.54, 1.807) is 0 Å². The van der Waals surface area contributed by atoms with Gasteiger partial charge >= 0.3 is 0 Å². The number of anilines is 1. The molecule has 17 heavy (non-hydrogen) atoms. The van der Waals surface area contributed by atoms with E-state index in [0.29, 0.717) is 6.04 Å². The van der Waals surface area contributed by atoms with Crippen LogP contribution in [0.3, 0.4) is 0 Å². The molecule has 0 bridgehead atoms. The maximum absolute atomic E-state index is 6.22. The number of nitrogens with zero attached hydrogens (tertiary/aromatic N) is 1. The summed E-state index contributed by atoms with van der Waals surface area (Å²) < 4.78 is 5.57. The summed E-state index contributed by atoms with van der Waals surface area (Å²) in [7, 11) is 0. The molecule has 2 unspecified atom stereocenters. The molecule has 2 rings (SSSR count). The first kappa shape index (κ1) is 12.4. The summed E-state index contributed by atoms with van der Waals surface area (Å²) in [4.78, 5) is 2.37. The van der Waals surface area contributed by atoms with Gasteiger partial charge < -0.3 is 15.4 Å². The van der Waals surface area contributed by atoms with Gasteiger partial charge in [-0.1, -0.05) is 18.2 Å². The fourth-order valence-corrected chi connectivity index (χ4v) is 2.53. The molecule has 1 aromatic rings. The molecule has 1 aliphatic heterocycles. The SMILES string of the molecule is CCN(c1ccccc1C)C1COCCC1N. The zero-order valence-electron chi connectivity index (χ0n) is 10.7. The summed E-state index contributed by atoms with van der Waals surface area (Å²) in [5.41, 5.74) is 8.80. The van der Waals surface area contributed by atoms with Gasteiger partial charge in [-0.2, -0.15) is 0 Å². The molecule has 0 saturated carbocycles. The van der Waals surface area contributed by atoms with Gasteiger partial charge in [-0.15, -0.1) is 0 Å². The summed E-state index contributed by atoms with van der Waals surface area (Å²) in [6.45, 7) is 6.82. The Balaban J connectivity index is 2.23. The van der Waals surface area contributed by atoms with Crippen LogP contribution in [-0.2, 0) is 4.74 Å². The first-order valence-electron chi connectivity index (χ1n) is 6.39. The lowest BCUT2D eigenvalue weighted by Crippen LogP contribution is -2.54. The van der Waals surface area contributed by atoms with E-state index < -0.39 is 0 Å². The molecule has 0 aromatic heterocycles. The highest BCUT2D eigenvalue weighted by Gasteiger charge is 2.28. The third-order valence-electron chi connectivity index (χ3n) is 3.54. The van der Waals surface area contributed by atoms with Gasteiger partial charge in [-0.25, -0.2) is 0 Å². The van der Waals surface area contributed by atoms with E-state index in [-0.39, 0.29) is 6.04 Å². The zero-order chi connectivity index (χ0) is 12.3. The smallest absolute Gasteiger partial charge is 0.0685 e. The maximum Gasteiger partial charge on any atom is 0.0685 e. The van der Waals surface area contributed by atoms with Crippen molar-refractivity contribution in [3.63, 3.8) is 0 Å². The van der Waals surface area contributed by atoms with Crippen LogP contribution < -0.4 is 10.6 Å². The molecule has 1 fully saturated rings. The molecule has 0 aliphatic carbocycles. The van der Waals surface area contributed by atoms with Crippen LogP contribution in [0.25, 0.3) is 0 Å². The van der Waals surface area contributed by atoms with Crippen molar-refractivity contribution in [1.29, 1.82) is 0 Å². The number of nitrogens with two attached hydrogens (primary N) is 1. The molecule has 3 heteroatoms. The standard InChI is InChI=1S/C14H22N2O/c1-3-16(13-7-5-4-6-11(13)2)14-10-17-9-8-12(14)15/h4-7,12,14H,3,8-10,15H2,1-2H3. The highest BCUT2D eigenvalue weighted by molar-refractivity contribution is 5.54. The predicted octanol–water partition coefficient (Wildman–Crippen LogP) is 1.94. The van der Waals surface area contributed by atoms with Gasteiger partial charge in [0.25, 0.3) is 0 Å². The molecular weight excluding hydrogens is 212 g/mol. The van der Waals surface area contributed by atoms with Gasteiger partial charge in [0.15, 0.2) is 0 Å². The molecule has 3 nitrogen and oxygen atoms in total. The first-order valence-corrected chi connectivity index (χ1v) is 6.39. The summed E-state index contributed by atoms with van der Waals surface area (Å²) >= 11 is 0. The minimum absolute atomic E-state index is 0.211. The van der Waals surface area contributed by atoms with Gasteiger partial charge in [-0.3, -0.25) is 0 Å². The lowest BCUT2D eigenvalue weighted by molar-refractivity contribution is 0.0683. The number of hydrogen-bond donors (Lipinski definition) is 1. The van der Waals surface area contributed by atoms with Crippen molar-refractivity contribution in [3.8, 4) is 0 Å². The summed E-state index contributed by atoms with van der Waals surface area (Å²) in [6, 6.07) is 8.98. The van der Waals surface area contributed by atoms with Crippen molar-refractivity contribution in [3.05, 3.63) is 29.8 Å². The Hall–Kier alpha value is -1.06. The van der Waals surface area contributed by atoms with Crippen LogP contribution in [0.4, 0.5) is 5.69 Å². The van der Waals surface area contributed by atoms with Gasteiger partial charge in [0.1, 0.15) is 0 Å². The van der Waals surface area contributed by atoms with Crippen LogP contribution in [0.1, 0.15) is 18.9 Å². The van der Waals surface area contributed by atoms with Crippen molar-refractivity contribution >= 4 is 5.69 Å². The van der Waals surface area contributed by atoms with Gasteiger partial charge in [-0.05, 0) is 31.9 Å². The molecule has 94 valence electrons. The average molecular weight is 234 g/mol. The second-order valence-electron chi connectivity index (χ2n) is 4.67. The third kappa shape index (κ3) is 2.61. The van der Waals surface area contributed by atoms with E-state index in [4.69, 9.17) is 10.5 Å². The van der Waals surface area contributed by atoms with Crippen molar-refractivity contribution in [2.24, 2.45) is 5.73 Å². The summed E-state index contributed by atoms with van der Waals surface area (Å²) in [5.74, 6) is 0. The highest BCUT2D eigenvalue weighted by Crippen LogP contribution is 2.24. The molecule has 1 heterocycles. The Kier molecular flexibility index (Phi) is 4.02. The second kappa shape index (κ2) is 5.52. The van der Waals surface area contributed by atoms with E-state index >= 15 is 0 Å². The lowest BCUT2D eigenvalue weighted by atomic mass is 10.0. The van der Waals surface area contributed by atoms with E-state index in [1.807, 2.05) is 0 Å². The van der Waals surface area contributed by atoms with Gasteiger partial charge in [0, 0.05) is 24.9 Å². The number of aryl methyl sites for hydroxylation is 1. The van der Waals surface area contributed by atoms with E-state index in [0.717, 1.165) is 26.2 Å². The Bertz CT molecular complexity index is 367. The number of benzene rings is 1. The van der Waals surface area contributed by atoms with Crippen LogP contribution in [0, 0.1) is 6.92 Å². The molecule has 0 radical (unpaired) electrons. The summed E-state index contributed by atoms with van der Waals surface area (Å²) in [6.07, 6.45) is 0.951. The molecule has 1 aromatic carbocycles. The highest BCUT2D eigenvalue weighted by atomic mass is 16.5. The minimum Gasteiger partial charge on any atom is -0.379 e. The fourth-order valence-electron chi connectivity index (χ4n) is 2.53. The van der Waals surface area contributed by atoms with Crippen molar-refractivity contribution < 1.29 is 4.74 Å². The third-order valence-corrected chi connectivity index (χ3v) is 3.54. The normalized spacial score (nSPS) is 24.6. The summed E-state index contributed by atoms with van der Waals surface area (Å²) in [5, 5.41) is 0. The Morgan fingerprint density at radius 3 is 2.82 bits per heavy atom. The van der Waals surface area contributed by atoms with Crippen LogP contribution in [0.2, 0.25) is 0 Å². The molecule has 0 amide bonds. The molecule has 1 saturated heterocycles. The largest absolute Gasteiger partial charge is 0.379 e. The first-order chi connectivity index (χ1) is 8.24. The van der Waals surface area contributed by atoms with Crippen LogP contribution in [-0.4, -0.2) is 31.8 Å². The Morgan fingerprint density at radius 1 is 1.41 bits per heavy atom. The predicted molar refractivity (Wildman–Crippen MR) is 71.4 cm³/mol. The second-order valence-corrected chi connectivity index (χ2v) is 4.67. The quantitative estimate of drug-likeness (QED) is 0.868. The molecule has 1 aliphatic rings. The molecular formula is C14H22N2O. The van der Waals surface area contributed by atoms with Crippen LogP contribution >= 0.6 is 0 Å². The van der Waals surface area contributed by atoms with Crippen molar-refractivity contribution in [1.82, 2.24) is 0 Å². The van der Waals surface area contributed by atoms with Crippen molar-refractivity contribution in [2.45, 2.75) is 32.4 Å². The average Bonchev–Trinajstić information content (AvgIpc) is 2.34. The van der Waals surface area contributed by atoms with Crippen LogP contribution in [0.15, 0.2) is 24.3 Å². The topological polar surface area (TPSA) is 38.5 Å². The van der Waals surface area contributed by atoms with Gasteiger partial charge in [0.05, 0.1) is 12.6 Å². The fraction of sp³-hybridized carbons (Fsp3) is 0.571. The number of likely N-dealkylation sites (N-methyl/N-ethyl adjacent to an activating group) is 1. The number of para-hydroxylation sites is 1. The maximum atomic E-state index is 6.22. The lowest BCUT2D eigenvalue weighted by Gasteiger charge is -2.39. The molecule has 0 spiro atoms. The van der Waals surface area contributed by atoms with E-state index in [9.17, 15) is 0 Å². The molecule has 2 atom stereocenters. The van der Waals surface area contributed by atoms with Crippen molar-refractivity contribution in [2.75, 3.05) is 24.7 Å². The Labute approximate surface area is 104 Å². The number of rotatable bonds is 3. The monoisotopic (exact) mass is 234 g/mol.